The summed E-state index contributed by atoms with van der Waals surface area (Å²) in [4.78, 5) is 26.6. The van der Waals surface area contributed by atoms with E-state index in [1.165, 1.54) is 29.2 Å². The molecule has 1 fully saturated rings. The van der Waals surface area contributed by atoms with E-state index in [0.29, 0.717) is 19.4 Å². The number of amides is 2. The highest BCUT2D eigenvalue weighted by Crippen LogP contribution is 2.45. The Morgan fingerprint density at radius 3 is 2.73 bits per heavy atom. The number of likely N-dealkylation sites (tertiary alicyclic amines) is 1. The Morgan fingerprint density at radius 1 is 1.27 bits per heavy atom. The second-order valence-electron chi connectivity index (χ2n) is 7.59. The van der Waals surface area contributed by atoms with Crippen molar-refractivity contribution in [1.29, 1.82) is 0 Å². The SMILES string of the molecule is N[C@@H](Cc1ccc(F)cc1)C(=O)N1CCCC2(C1)OC(=O)Nc1ccc(Cl)c(F)c12. The molecule has 30 heavy (non-hydrogen) atoms. The summed E-state index contributed by atoms with van der Waals surface area (Å²) in [6.07, 6.45) is 0.352. The van der Waals surface area contributed by atoms with Gasteiger partial charge in [0.15, 0.2) is 11.4 Å². The molecule has 2 aromatic carbocycles. The third-order valence-corrected chi connectivity index (χ3v) is 5.82. The number of nitrogens with one attached hydrogen (secondary N) is 1. The molecule has 0 aromatic heterocycles. The van der Waals surface area contributed by atoms with E-state index in [2.05, 4.69) is 5.32 Å². The number of hydrogen-bond donors (Lipinski definition) is 2. The van der Waals surface area contributed by atoms with Gasteiger partial charge in [0.25, 0.3) is 0 Å². The maximum absolute atomic E-state index is 14.9. The Hall–Kier alpha value is -2.71. The first-order valence-electron chi connectivity index (χ1n) is 9.56. The van der Waals surface area contributed by atoms with Gasteiger partial charge >= 0.3 is 6.09 Å². The van der Waals surface area contributed by atoms with Crippen LogP contribution in [0.2, 0.25) is 5.02 Å². The fourth-order valence-electron chi connectivity index (χ4n) is 4.16. The number of halogens is 3. The molecule has 0 radical (unpaired) electrons. The molecule has 0 saturated carbocycles. The molecule has 6 nitrogen and oxygen atoms in total. The Morgan fingerprint density at radius 2 is 2.00 bits per heavy atom. The molecule has 2 atom stereocenters. The van der Waals surface area contributed by atoms with Crippen LogP contribution in [0.15, 0.2) is 36.4 Å². The molecule has 158 valence electrons. The lowest BCUT2D eigenvalue weighted by Gasteiger charge is -2.45. The van der Waals surface area contributed by atoms with Crippen LogP contribution in [0.25, 0.3) is 0 Å². The highest BCUT2D eigenvalue weighted by Gasteiger charge is 2.48. The van der Waals surface area contributed by atoms with Crippen LogP contribution in [0.5, 0.6) is 0 Å². The summed E-state index contributed by atoms with van der Waals surface area (Å²) in [5.41, 5.74) is 5.91. The quantitative estimate of drug-likeness (QED) is 0.772. The van der Waals surface area contributed by atoms with Crippen molar-refractivity contribution in [2.24, 2.45) is 5.73 Å². The predicted molar refractivity (Wildman–Crippen MR) is 107 cm³/mol. The van der Waals surface area contributed by atoms with E-state index in [9.17, 15) is 18.4 Å². The fraction of sp³-hybridized carbons (Fsp3) is 0.333. The van der Waals surface area contributed by atoms with Crippen molar-refractivity contribution in [2.75, 3.05) is 18.4 Å². The average Bonchev–Trinajstić information content (AvgIpc) is 2.71. The molecule has 4 rings (SSSR count). The molecule has 2 amide bonds. The lowest BCUT2D eigenvalue weighted by molar-refractivity contribution is -0.140. The van der Waals surface area contributed by atoms with Gasteiger partial charge in [-0.05, 0) is 49.1 Å². The number of hydrogen-bond acceptors (Lipinski definition) is 4. The minimum absolute atomic E-state index is 0.0271. The first-order chi connectivity index (χ1) is 14.3. The first kappa shape index (κ1) is 20.6. The van der Waals surface area contributed by atoms with Crippen molar-refractivity contribution < 1.29 is 23.1 Å². The van der Waals surface area contributed by atoms with E-state index < -0.39 is 23.6 Å². The van der Waals surface area contributed by atoms with Crippen molar-refractivity contribution in [2.45, 2.75) is 30.9 Å². The van der Waals surface area contributed by atoms with Gasteiger partial charge in [-0.1, -0.05) is 23.7 Å². The third kappa shape index (κ3) is 3.73. The Bertz CT molecular complexity index is 1000. The molecule has 0 aliphatic carbocycles. The van der Waals surface area contributed by atoms with Crippen LogP contribution < -0.4 is 11.1 Å². The summed E-state index contributed by atoms with van der Waals surface area (Å²) in [5.74, 6) is -1.40. The summed E-state index contributed by atoms with van der Waals surface area (Å²) in [5, 5.41) is 2.39. The Kier molecular flexibility index (Phi) is 5.38. The third-order valence-electron chi connectivity index (χ3n) is 5.53. The lowest BCUT2D eigenvalue weighted by Crippen LogP contribution is -2.56. The van der Waals surface area contributed by atoms with Gasteiger partial charge in [0.2, 0.25) is 5.91 Å². The maximum atomic E-state index is 14.9. The number of fused-ring (bicyclic) bond motifs is 2. The summed E-state index contributed by atoms with van der Waals surface area (Å²) < 4.78 is 33.6. The molecular weight excluding hydrogens is 416 g/mol. The molecule has 3 N–H and O–H groups in total. The van der Waals surface area contributed by atoms with Gasteiger partial charge in [-0.3, -0.25) is 10.1 Å². The predicted octanol–water partition coefficient (Wildman–Crippen LogP) is 3.57. The molecular formula is C21H20ClF2N3O3. The molecule has 9 heteroatoms. The molecule has 1 spiro atoms. The highest BCUT2D eigenvalue weighted by atomic mass is 35.5. The van der Waals surface area contributed by atoms with E-state index in [0.717, 1.165) is 5.56 Å². The number of carbonyl (C=O) groups is 2. The summed E-state index contributed by atoms with van der Waals surface area (Å²) in [6.45, 7) is 0.376. The van der Waals surface area contributed by atoms with E-state index >= 15 is 0 Å². The number of nitrogens with two attached hydrogens (primary N) is 1. The zero-order valence-corrected chi connectivity index (χ0v) is 16.7. The van der Waals surface area contributed by atoms with Crippen LogP contribution in [-0.4, -0.2) is 36.0 Å². The molecule has 0 bridgehead atoms. The topological polar surface area (TPSA) is 84.7 Å². The minimum Gasteiger partial charge on any atom is -0.436 e. The number of piperidine rings is 1. The van der Waals surface area contributed by atoms with Crippen molar-refractivity contribution in [1.82, 2.24) is 4.90 Å². The van der Waals surface area contributed by atoms with Gasteiger partial charge < -0.3 is 15.4 Å². The van der Waals surface area contributed by atoms with E-state index in [-0.39, 0.29) is 41.0 Å². The van der Waals surface area contributed by atoms with Crippen LogP contribution in [0.1, 0.15) is 24.0 Å². The molecule has 2 aliphatic heterocycles. The van der Waals surface area contributed by atoms with Gasteiger partial charge in [-0.15, -0.1) is 0 Å². The second kappa shape index (κ2) is 7.85. The van der Waals surface area contributed by atoms with Crippen LogP contribution >= 0.6 is 11.6 Å². The number of carbonyl (C=O) groups excluding carboxylic acids is 2. The number of benzene rings is 2. The number of nitrogens with zero attached hydrogens (tertiary/aromatic N) is 1. The minimum atomic E-state index is -1.34. The zero-order chi connectivity index (χ0) is 21.5. The van der Waals surface area contributed by atoms with E-state index in [1.807, 2.05) is 0 Å². The van der Waals surface area contributed by atoms with Gasteiger partial charge in [0.05, 0.1) is 28.9 Å². The second-order valence-corrected chi connectivity index (χ2v) is 8.00. The van der Waals surface area contributed by atoms with Crippen molar-refractivity contribution in [3.8, 4) is 0 Å². The van der Waals surface area contributed by atoms with Crippen LogP contribution in [0, 0.1) is 11.6 Å². The molecule has 2 aliphatic rings. The Labute approximate surface area is 176 Å². The lowest BCUT2D eigenvalue weighted by atomic mass is 9.82. The molecule has 1 saturated heterocycles. The highest BCUT2D eigenvalue weighted by molar-refractivity contribution is 6.31. The van der Waals surface area contributed by atoms with Gasteiger partial charge in [0, 0.05) is 6.54 Å². The van der Waals surface area contributed by atoms with Crippen molar-refractivity contribution in [3.05, 3.63) is 64.2 Å². The standard InChI is InChI=1S/C21H20ClF2N3O3/c22-14-6-7-16-17(18(14)24)21(30-20(29)26-16)8-1-9-27(11-21)19(28)15(25)10-12-2-4-13(23)5-3-12/h2-7,15H,1,8-11,25H2,(H,26,29)/t15-,21?/m0/s1. The summed E-state index contributed by atoms with van der Waals surface area (Å²) in [7, 11) is 0. The number of ether oxygens (including phenoxy) is 1. The molecule has 2 heterocycles. The largest absolute Gasteiger partial charge is 0.436 e. The number of rotatable bonds is 3. The Balaban J connectivity index is 1.59. The van der Waals surface area contributed by atoms with Crippen LogP contribution in [0.4, 0.5) is 19.3 Å². The first-order valence-corrected chi connectivity index (χ1v) is 9.94. The van der Waals surface area contributed by atoms with Gasteiger partial charge in [-0.25, -0.2) is 13.6 Å². The molecule has 1 unspecified atom stereocenters. The van der Waals surface area contributed by atoms with Crippen LogP contribution in [-0.2, 0) is 21.6 Å². The zero-order valence-electron chi connectivity index (χ0n) is 16.0. The average molecular weight is 436 g/mol. The smallest absolute Gasteiger partial charge is 0.412 e. The van der Waals surface area contributed by atoms with E-state index in [4.69, 9.17) is 22.1 Å². The number of anilines is 1. The maximum Gasteiger partial charge on any atom is 0.412 e. The van der Waals surface area contributed by atoms with Crippen molar-refractivity contribution in [3.63, 3.8) is 0 Å². The van der Waals surface area contributed by atoms with Crippen LogP contribution in [0.3, 0.4) is 0 Å². The normalized spacial score (nSPS) is 21.6. The summed E-state index contributed by atoms with van der Waals surface area (Å²) in [6, 6.07) is 7.76. The fourth-order valence-corrected chi connectivity index (χ4v) is 4.32. The monoisotopic (exact) mass is 435 g/mol. The summed E-state index contributed by atoms with van der Waals surface area (Å²) >= 11 is 5.96. The van der Waals surface area contributed by atoms with Gasteiger partial charge in [0.1, 0.15) is 5.82 Å². The molecule has 2 aromatic rings. The van der Waals surface area contributed by atoms with Crippen molar-refractivity contribution >= 4 is 29.3 Å². The van der Waals surface area contributed by atoms with E-state index in [1.54, 1.807) is 12.1 Å². The van der Waals surface area contributed by atoms with Gasteiger partial charge in [-0.2, -0.15) is 0 Å².